The minimum Gasteiger partial charge on any atom is -0.236 e. The Labute approximate surface area is 137 Å². The van der Waals surface area contributed by atoms with E-state index in [9.17, 15) is 0 Å². The Morgan fingerprint density at radius 2 is 1.70 bits per heavy atom. The third-order valence-corrected chi connectivity index (χ3v) is 5.59. The predicted molar refractivity (Wildman–Crippen MR) is 91.2 cm³/mol. The first-order chi connectivity index (χ1) is 9.70. The van der Waals surface area contributed by atoms with Crippen LogP contribution >= 0.6 is 43.2 Å². The molecule has 1 nitrogen and oxygen atoms in total. The Balaban J connectivity index is 1.80. The van der Waals surface area contributed by atoms with E-state index in [0.717, 1.165) is 26.1 Å². The molecule has 0 saturated carbocycles. The van der Waals surface area contributed by atoms with E-state index in [1.807, 2.05) is 0 Å². The maximum Gasteiger partial charge on any atom is 0.124 e. The highest BCUT2D eigenvalue weighted by Gasteiger charge is 2.23. The monoisotopic (exact) mass is 405 g/mol. The van der Waals surface area contributed by atoms with Gasteiger partial charge in [-0.25, -0.2) is 4.98 Å². The predicted octanol–water partition coefficient (Wildman–Crippen LogP) is 5.91. The quantitative estimate of drug-likeness (QED) is 0.383. The number of rotatable bonds is 1. The average Bonchev–Trinajstić information content (AvgIpc) is 2.96. The van der Waals surface area contributed by atoms with Gasteiger partial charge in [0, 0.05) is 31.4 Å². The summed E-state index contributed by atoms with van der Waals surface area (Å²) in [5.74, 6) is 0. The fraction of sp³-hybridized carbons (Fsp3) is 0.0625. The van der Waals surface area contributed by atoms with Crippen molar-refractivity contribution in [2.24, 2.45) is 0 Å². The van der Waals surface area contributed by atoms with Gasteiger partial charge in [-0.05, 0) is 29.8 Å². The van der Waals surface area contributed by atoms with Gasteiger partial charge in [0.1, 0.15) is 5.01 Å². The van der Waals surface area contributed by atoms with E-state index in [2.05, 4.69) is 74.3 Å². The summed E-state index contributed by atoms with van der Waals surface area (Å²) in [6.45, 7) is 0. The molecule has 0 aliphatic heterocycles. The van der Waals surface area contributed by atoms with Crippen molar-refractivity contribution in [2.75, 3.05) is 0 Å². The lowest BCUT2D eigenvalue weighted by molar-refractivity contribution is 1.30. The second-order valence-corrected chi connectivity index (χ2v) is 7.69. The van der Waals surface area contributed by atoms with Gasteiger partial charge in [-0.1, -0.05) is 50.1 Å². The first kappa shape index (κ1) is 12.7. The van der Waals surface area contributed by atoms with E-state index in [1.165, 1.54) is 21.6 Å². The van der Waals surface area contributed by atoms with Crippen molar-refractivity contribution in [1.82, 2.24) is 4.98 Å². The van der Waals surface area contributed by atoms with Gasteiger partial charge in [0.25, 0.3) is 0 Å². The van der Waals surface area contributed by atoms with Gasteiger partial charge in [0.2, 0.25) is 0 Å². The second-order valence-electron chi connectivity index (χ2n) is 4.78. The molecule has 1 aliphatic carbocycles. The highest BCUT2D eigenvalue weighted by atomic mass is 79.9. The molecule has 20 heavy (non-hydrogen) atoms. The molecule has 3 aromatic rings. The summed E-state index contributed by atoms with van der Waals surface area (Å²) in [5, 5.41) is 1.11. The van der Waals surface area contributed by atoms with Crippen molar-refractivity contribution >= 4 is 43.2 Å². The highest BCUT2D eigenvalue weighted by Crippen LogP contribution is 2.42. The van der Waals surface area contributed by atoms with Crippen molar-refractivity contribution < 1.29 is 0 Å². The normalized spacial score (nSPS) is 12.3. The van der Waals surface area contributed by atoms with Gasteiger partial charge in [0.15, 0.2) is 0 Å². The average molecular weight is 407 g/mol. The minimum absolute atomic E-state index is 0.998. The largest absolute Gasteiger partial charge is 0.236 e. The van der Waals surface area contributed by atoms with Gasteiger partial charge < -0.3 is 0 Å². The fourth-order valence-corrected chi connectivity index (χ4v) is 4.29. The molecular weight excluding hydrogens is 398 g/mol. The summed E-state index contributed by atoms with van der Waals surface area (Å²) in [6, 6.07) is 14.8. The first-order valence-electron chi connectivity index (χ1n) is 6.25. The molecule has 1 aromatic heterocycles. The van der Waals surface area contributed by atoms with Gasteiger partial charge >= 0.3 is 0 Å². The van der Waals surface area contributed by atoms with Crippen molar-refractivity contribution in [3.8, 4) is 21.8 Å². The maximum atomic E-state index is 4.85. The van der Waals surface area contributed by atoms with Crippen LogP contribution in [0.5, 0.6) is 0 Å². The zero-order valence-corrected chi connectivity index (χ0v) is 14.3. The number of fused-ring (bicyclic) bond motifs is 3. The Bertz CT molecular complexity index is 806. The van der Waals surface area contributed by atoms with Crippen LogP contribution in [0.1, 0.15) is 10.4 Å². The molecule has 0 saturated heterocycles. The number of hydrogen-bond donors (Lipinski definition) is 0. The van der Waals surface area contributed by atoms with Gasteiger partial charge in [0.05, 0.1) is 5.69 Å². The van der Waals surface area contributed by atoms with E-state index >= 15 is 0 Å². The summed E-state index contributed by atoms with van der Waals surface area (Å²) in [7, 11) is 0. The molecule has 0 amide bonds. The van der Waals surface area contributed by atoms with Crippen LogP contribution in [-0.2, 0) is 6.42 Å². The Morgan fingerprint density at radius 3 is 2.50 bits per heavy atom. The smallest absolute Gasteiger partial charge is 0.124 e. The lowest BCUT2D eigenvalue weighted by Gasteiger charge is -2.00. The summed E-state index contributed by atoms with van der Waals surface area (Å²) >= 11 is 8.81. The molecular formula is C16H9Br2NS. The minimum atomic E-state index is 0.998. The Hall–Kier alpha value is -0.970. The van der Waals surface area contributed by atoms with Crippen LogP contribution in [-0.4, -0.2) is 4.98 Å². The summed E-state index contributed by atoms with van der Waals surface area (Å²) < 4.78 is 2.24. The molecule has 0 unspecified atom stereocenters. The molecule has 4 rings (SSSR count). The molecule has 1 heterocycles. The van der Waals surface area contributed by atoms with Gasteiger partial charge in [-0.15, -0.1) is 11.3 Å². The van der Waals surface area contributed by atoms with Gasteiger partial charge in [-0.3, -0.25) is 0 Å². The topological polar surface area (TPSA) is 12.9 Å². The number of nitrogens with zero attached hydrogens (tertiary/aromatic N) is 1. The van der Waals surface area contributed by atoms with E-state index in [4.69, 9.17) is 4.98 Å². The maximum absolute atomic E-state index is 4.85. The van der Waals surface area contributed by atoms with E-state index in [-0.39, 0.29) is 0 Å². The molecule has 98 valence electrons. The molecule has 0 spiro atoms. The van der Waals surface area contributed by atoms with E-state index < -0.39 is 0 Å². The fourth-order valence-electron chi connectivity index (χ4n) is 2.51. The standard InChI is InChI=1S/C16H9Br2NS/c17-11-3-1-9(2-4-11)16-19-15-13-6-5-12(18)7-10(13)8-14(15)20-16/h1-7H,8H2. The van der Waals surface area contributed by atoms with Crippen molar-refractivity contribution in [1.29, 1.82) is 0 Å². The van der Waals surface area contributed by atoms with Crippen molar-refractivity contribution in [3.05, 3.63) is 61.9 Å². The SMILES string of the molecule is Brc1ccc(-c2nc3c(s2)Cc2cc(Br)ccc2-3)cc1. The van der Waals surface area contributed by atoms with Crippen LogP contribution in [0.2, 0.25) is 0 Å². The van der Waals surface area contributed by atoms with Crippen LogP contribution < -0.4 is 0 Å². The molecule has 0 radical (unpaired) electrons. The van der Waals surface area contributed by atoms with Crippen molar-refractivity contribution in [2.45, 2.75) is 6.42 Å². The van der Waals surface area contributed by atoms with Crippen LogP contribution in [0.15, 0.2) is 51.4 Å². The zero-order chi connectivity index (χ0) is 13.7. The lowest BCUT2D eigenvalue weighted by Crippen LogP contribution is -1.82. The number of aromatic nitrogens is 1. The third-order valence-electron chi connectivity index (χ3n) is 3.46. The van der Waals surface area contributed by atoms with E-state index in [0.29, 0.717) is 0 Å². The van der Waals surface area contributed by atoms with Crippen molar-refractivity contribution in [3.63, 3.8) is 0 Å². The Morgan fingerprint density at radius 1 is 0.950 bits per heavy atom. The molecule has 0 bridgehead atoms. The molecule has 2 aromatic carbocycles. The van der Waals surface area contributed by atoms with E-state index in [1.54, 1.807) is 11.3 Å². The lowest BCUT2D eigenvalue weighted by atomic mass is 10.1. The summed E-state index contributed by atoms with van der Waals surface area (Å²) in [6.07, 6.45) is 0.998. The second kappa shape index (κ2) is 4.79. The molecule has 0 atom stereocenters. The van der Waals surface area contributed by atoms with Crippen LogP contribution in [0.3, 0.4) is 0 Å². The molecule has 1 aliphatic rings. The third kappa shape index (κ3) is 2.07. The Kier molecular flexibility index (Phi) is 3.05. The zero-order valence-electron chi connectivity index (χ0n) is 10.4. The first-order valence-corrected chi connectivity index (χ1v) is 8.65. The summed E-state index contributed by atoms with van der Waals surface area (Å²) in [5.41, 5.74) is 5.00. The molecule has 4 heteroatoms. The van der Waals surface area contributed by atoms with Crippen LogP contribution in [0.25, 0.3) is 21.8 Å². The molecule has 0 N–H and O–H groups in total. The van der Waals surface area contributed by atoms with Crippen LogP contribution in [0, 0.1) is 0 Å². The number of hydrogen-bond acceptors (Lipinski definition) is 2. The highest BCUT2D eigenvalue weighted by molar-refractivity contribution is 9.10. The molecule has 0 fully saturated rings. The summed E-state index contributed by atoms with van der Waals surface area (Å²) in [4.78, 5) is 6.22. The van der Waals surface area contributed by atoms with Gasteiger partial charge in [-0.2, -0.15) is 0 Å². The number of thiazole rings is 1. The number of halogens is 2. The van der Waals surface area contributed by atoms with Crippen LogP contribution in [0.4, 0.5) is 0 Å². The number of benzene rings is 2.